The van der Waals surface area contributed by atoms with Crippen molar-refractivity contribution in [2.24, 2.45) is 0 Å². The number of nitrogens with zero attached hydrogens (tertiary/aromatic N) is 2. The maximum Gasteiger partial charge on any atom is 0.0521 e. The maximum atomic E-state index is 4.23. The molecule has 14 heavy (non-hydrogen) atoms. The lowest BCUT2D eigenvalue weighted by atomic mass is 10.3. The minimum absolute atomic E-state index is 0.480. The molecule has 0 saturated carbocycles. The van der Waals surface area contributed by atoms with Gasteiger partial charge in [-0.15, -0.1) is 0 Å². The van der Waals surface area contributed by atoms with Crippen molar-refractivity contribution in [3.8, 4) is 0 Å². The molecule has 0 aliphatic heterocycles. The molecule has 0 bridgehead atoms. The topological polar surface area (TPSA) is 17.8 Å². The van der Waals surface area contributed by atoms with Crippen LogP contribution in [0.25, 0.3) is 0 Å². The number of hydrogen-bond acceptors (Lipinski definition) is 1. The van der Waals surface area contributed by atoms with Crippen LogP contribution in [-0.2, 0) is 0 Å². The Morgan fingerprint density at radius 1 is 1.07 bits per heavy atom. The average Bonchev–Trinajstić information content (AvgIpc) is 2.54. The summed E-state index contributed by atoms with van der Waals surface area (Å²) < 4.78 is 2.04. The van der Waals surface area contributed by atoms with E-state index in [1.807, 2.05) is 38.6 Å². The molecule has 0 fully saturated rings. The number of rotatable bonds is 1. The van der Waals surface area contributed by atoms with E-state index in [4.69, 9.17) is 0 Å². The van der Waals surface area contributed by atoms with Crippen molar-refractivity contribution >= 4 is 0 Å². The van der Waals surface area contributed by atoms with E-state index in [0.717, 1.165) is 0 Å². The Balaban J connectivity index is 0. The molecular weight excluding hydrogens is 172 g/mol. The fourth-order valence-electron chi connectivity index (χ4n) is 1.03. The fourth-order valence-corrected chi connectivity index (χ4v) is 1.03. The predicted octanol–water partition coefficient (Wildman–Crippen LogP) is 4.13. The fraction of sp³-hybridized carbons (Fsp3) is 0.750. The molecule has 0 unspecified atom stereocenters. The van der Waals surface area contributed by atoms with Crippen LogP contribution in [0.5, 0.6) is 0 Å². The van der Waals surface area contributed by atoms with E-state index in [9.17, 15) is 0 Å². The minimum Gasteiger partial charge on any atom is -0.267 e. The van der Waals surface area contributed by atoms with Crippen molar-refractivity contribution in [3.05, 3.63) is 17.5 Å². The van der Waals surface area contributed by atoms with Gasteiger partial charge in [-0.2, -0.15) is 5.10 Å². The van der Waals surface area contributed by atoms with Crippen molar-refractivity contribution in [2.75, 3.05) is 0 Å². The standard InChI is InChI=1S/C8H14N2.2C2H6/c1-6(2)10-8(4)7(3)5-9-10;2*1-2/h5-6H,1-4H3;2*1-2H3. The van der Waals surface area contributed by atoms with Gasteiger partial charge in [-0.3, -0.25) is 4.68 Å². The van der Waals surface area contributed by atoms with Crippen LogP contribution in [0, 0.1) is 13.8 Å². The van der Waals surface area contributed by atoms with Crippen LogP contribution in [0.4, 0.5) is 0 Å². The lowest BCUT2D eigenvalue weighted by Crippen LogP contribution is -2.04. The summed E-state index contributed by atoms with van der Waals surface area (Å²) >= 11 is 0. The van der Waals surface area contributed by atoms with Crippen molar-refractivity contribution in [3.63, 3.8) is 0 Å². The van der Waals surface area contributed by atoms with Gasteiger partial charge in [0, 0.05) is 11.7 Å². The maximum absolute atomic E-state index is 4.23. The Morgan fingerprint density at radius 2 is 1.50 bits per heavy atom. The molecule has 0 aromatic carbocycles. The molecule has 0 radical (unpaired) electrons. The second kappa shape index (κ2) is 8.79. The Bertz CT molecular complexity index is 224. The van der Waals surface area contributed by atoms with Crippen molar-refractivity contribution in [1.82, 2.24) is 9.78 Å². The van der Waals surface area contributed by atoms with E-state index in [2.05, 4.69) is 32.8 Å². The van der Waals surface area contributed by atoms with Crippen molar-refractivity contribution in [1.29, 1.82) is 0 Å². The summed E-state index contributed by atoms with van der Waals surface area (Å²) in [4.78, 5) is 0. The van der Waals surface area contributed by atoms with Gasteiger partial charge in [0.2, 0.25) is 0 Å². The Labute approximate surface area is 89.3 Å². The summed E-state index contributed by atoms with van der Waals surface area (Å²) in [5.41, 5.74) is 2.55. The van der Waals surface area contributed by atoms with Crippen LogP contribution in [0.3, 0.4) is 0 Å². The monoisotopic (exact) mass is 198 g/mol. The van der Waals surface area contributed by atoms with E-state index in [1.165, 1.54) is 11.3 Å². The zero-order valence-corrected chi connectivity index (χ0v) is 11.0. The largest absolute Gasteiger partial charge is 0.267 e. The van der Waals surface area contributed by atoms with E-state index in [0.29, 0.717) is 6.04 Å². The highest BCUT2D eigenvalue weighted by Crippen LogP contribution is 2.10. The molecule has 0 atom stereocenters. The number of hydrogen-bond donors (Lipinski definition) is 0. The molecule has 0 aliphatic carbocycles. The Hall–Kier alpha value is -0.790. The highest BCUT2D eigenvalue weighted by molar-refractivity contribution is 5.13. The minimum atomic E-state index is 0.480. The van der Waals surface area contributed by atoms with Crippen molar-refractivity contribution < 1.29 is 0 Å². The Kier molecular flexibility index (Phi) is 9.84. The van der Waals surface area contributed by atoms with E-state index >= 15 is 0 Å². The van der Waals surface area contributed by atoms with Gasteiger partial charge in [-0.25, -0.2) is 0 Å². The van der Waals surface area contributed by atoms with Crippen molar-refractivity contribution in [2.45, 2.75) is 61.4 Å². The smallest absolute Gasteiger partial charge is 0.0521 e. The number of aromatic nitrogens is 2. The molecule has 1 aromatic heterocycles. The average molecular weight is 198 g/mol. The first-order valence-electron chi connectivity index (χ1n) is 5.63. The molecule has 0 saturated heterocycles. The first-order valence-corrected chi connectivity index (χ1v) is 5.63. The highest BCUT2D eigenvalue weighted by atomic mass is 15.3. The molecule has 1 heterocycles. The third-order valence-electron chi connectivity index (χ3n) is 1.78. The molecule has 2 heteroatoms. The summed E-state index contributed by atoms with van der Waals surface area (Å²) in [7, 11) is 0. The molecule has 1 aromatic rings. The van der Waals surface area contributed by atoms with Gasteiger partial charge in [0.25, 0.3) is 0 Å². The van der Waals surface area contributed by atoms with E-state index in [-0.39, 0.29) is 0 Å². The lowest BCUT2D eigenvalue weighted by Gasteiger charge is -2.07. The second-order valence-corrected chi connectivity index (χ2v) is 2.95. The first-order chi connectivity index (χ1) is 6.63. The predicted molar refractivity (Wildman–Crippen MR) is 64.8 cm³/mol. The zero-order valence-electron chi connectivity index (χ0n) is 11.0. The molecule has 2 nitrogen and oxygen atoms in total. The van der Waals surface area contributed by atoms with Gasteiger partial charge in [-0.1, -0.05) is 27.7 Å². The van der Waals surface area contributed by atoms with Crippen LogP contribution in [0.1, 0.15) is 58.8 Å². The van der Waals surface area contributed by atoms with Crippen LogP contribution < -0.4 is 0 Å². The quantitative estimate of drug-likeness (QED) is 0.663. The zero-order chi connectivity index (χ0) is 11.7. The third-order valence-corrected chi connectivity index (χ3v) is 1.78. The summed E-state index contributed by atoms with van der Waals surface area (Å²) in [6.45, 7) is 16.5. The van der Waals surface area contributed by atoms with Gasteiger partial charge < -0.3 is 0 Å². The highest BCUT2D eigenvalue weighted by Gasteiger charge is 2.03. The van der Waals surface area contributed by atoms with Gasteiger partial charge in [-0.05, 0) is 33.3 Å². The number of aryl methyl sites for hydroxylation is 1. The summed E-state index contributed by atoms with van der Waals surface area (Å²) in [5, 5.41) is 4.23. The van der Waals surface area contributed by atoms with Crippen LogP contribution in [-0.4, -0.2) is 9.78 Å². The molecule has 0 aliphatic rings. The first kappa shape index (κ1) is 15.7. The lowest BCUT2D eigenvalue weighted by molar-refractivity contribution is 0.519. The van der Waals surface area contributed by atoms with E-state index < -0.39 is 0 Å². The van der Waals surface area contributed by atoms with Crippen LogP contribution in [0.2, 0.25) is 0 Å². The van der Waals surface area contributed by atoms with Gasteiger partial charge >= 0.3 is 0 Å². The summed E-state index contributed by atoms with van der Waals surface area (Å²) in [6.07, 6.45) is 1.91. The van der Waals surface area contributed by atoms with E-state index in [1.54, 1.807) is 0 Å². The van der Waals surface area contributed by atoms with Gasteiger partial charge in [0.1, 0.15) is 0 Å². The van der Waals surface area contributed by atoms with Gasteiger partial charge in [0.15, 0.2) is 0 Å². The normalized spacial score (nSPS) is 8.64. The molecule has 0 N–H and O–H groups in total. The summed E-state index contributed by atoms with van der Waals surface area (Å²) in [5.74, 6) is 0. The SMILES string of the molecule is CC.CC.Cc1cnn(C(C)C)c1C. The molecule has 1 rings (SSSR count). The van der Waals surface area contributed by atoms with Crippen LogP contribution >= 0.6 is 0 Å². The molecule has 0 spiro atoms. The van der Waals surface area contributed by atoms with Gasteiger partial charge in [0.05, 0.1) is 6.20 Å². The molecular formula is C12H26N2. The second-order valence-electron chi connectivity index (χ2n) is 2.95. The van der Waals surface area contributed by atoms with Crippen LogP contribution in [0.15, 0.2) is 6.20 Å². The summed E-state index contributed by atoms with van der Waals surface area (Å²) in [6, 6.07) is 0.480. The Morgan fingerprint density at radius 3 is 1.64 bits per heavy atom. The molecule has 0 amide bonds. The molecule has 84 valence electrons. The third kappa shape index (κ3) is 4.45.